The number of hydrogen-bond donors (Lipinski definition) is 2. The van der Waals surface area contributed by atoms with Gasteiger partial charge in [0, 0.05) is 55.2 Å². The van der Waals surface area contributed by atoms with Crippen LogP contribution >= 0.6 is 21.6 Å². The van der Waals surface area contributed by atoms with Crippen LogP contribution in [0.15, 0.2) is 5.11 Å². The number of rotatable bonds is 20. The Morgan fingerprint density at radius 2 is 1.68 bits per heavy atom. The van der Waals surface area contributed by atoms with Crippen LogP contribution in [0.25, 0.3) is 10.4 Å². The minimum absolute atomic E-state index is 0.0527. The lowest BCUT2D eigenvalue weighted by Gasteiger charge is -2.19. The molecule has 16 heteroatoms. The van der Waals surface area contributed by atoms with Gasteiger partial charge in [0.15, 0.2) is 0 Å². The van der Waals surface area contributed by atoms with Crippen LogP contribution in [-0.2, 0) is 38.3 Å². The van der Waals surface area contributed by atoms with E-state index >= 15 is 0 Å². The van der Waals surface area contributed by atoms with E-state index in [4.69, 9.17) is 15.1 Å². The van der Waals surface area contributed by atoms with Crippen LogP contribution in [0, 0.1) is 5.92 Å². The van der Waals surface area contributed by atoms with Crippen LogP contribution in [0.3, 0.4) is 0 Å². The Balaban J connectivity index is 1.72. The molecule has 0 unspecified atom stereocenters. The van der Waals surface area contributed by atoms with Crippen molar-refractivity contribution < 1.29 is 38.3 Å². The smallest absolute Gasteiger partial charge is 0.335 e. The molecular formula is C25H38N6O8S2. The van der Waals surface area contributed by atoms with Crippen LogP contribution in [0.4, 0.5) is 0 Å². The maximum Gasteiger partial charge on any atom is 0.335 e. The highest BCUT2D eigenvalue weighted by molar-refractivity contribution is 8.77. The monoisotopic (exact) mass is 614 g/mol. The number of nitrogens with one attached hydrogen (secondary N) is 2. The molecule has 2 N–H and O–H groups in total. The van der Waals surface area contributed by atoms with Gasteiger partial charge in [0.25, 0.3) is 11.8 Å². The van der Waals surface area contributed by atoms with Crippen molar-refractivity contribution in [2.75, 3.05) is 31.2 Å². The fourth-order valence-electron chi connectivity index (χ4n) is 4.00. The molecule has 0 radical (unpaired) electrons. The van der Waals surface area contributed by atoms with Gasteiger partial charge in [0.05, 0.1) is 18.9 Å². The van der Waals surface area contributed by atoms with E-state index in [0.29, 0.717) is 37.4 Å². The van der Waals surface area contributed by atoms with E-state index < -0.39 is 42.1 Å². The number of ether oxygens (including phenoxy) is 1. The third kappa shape index (κ3) is 15.0. The van der Waals surface area contributed by atoms with Crippen LogP contribution in [0.1, 0.15) is 77.0 Å². The fraction of sp³-hybridized carbons (Fsp3) is 0.760. The molecule has 41 heavy (non-hydrogen) atoms. The number of carbonyl (C=O) groups is 6. The molecule has 4 amide bonds. The SMILES string of the molecule is [N-]=[N+]=NCCCCCC(=O)N[C@H](COC(=O)CCC(=O)NCCCCC1CSSC1)CC(=O)ON1C(=O)CCC1=O. The average molecular weight is 615 g/mol. The lowest BCUT2D eigenvalue weighted by molar-refractivity contribution is -0.198. The number of azide groups is 1. The molecule has 2 heterocycles. The number of nitrogens with zero attached hydrogens (tertiary/aromatic N) is 4. The summed E-state index contributed by atoms with van der Waals surface area (Å²) in [6.45, 7) is 0.510. The molecule has 0 spiro atoms. The van der Waals surface area contributed by atoms with E-state index in [2.05, 4.69) is 20.7 Å². The first-order chi connectivity index (χ1) is 19.8. The van der Waals surface area contributed by atoms with Crippen LogP contribution in [0.5, 0.6) is 0 Å². The Bertz CT molecular complexity index is 956. The van der Waals surface area contributed by atoms with Gasteiger partial charge in [-0.1, -0.05) is 39.5 Å². The molecule has 2 saturated heterocycles. The van der Waals surface area contributed by atoms with Crippen molar-refractivity contribution in [3.8, 4) is 0 Å². The summed E-state index contributed by atoms with van der Waals surface area (Å²) in [7, 11) is 3.81. The van der Waals surface area contributed by atoms with E-state index in [1.807, 2.05) is 21.6 Å². The van der Waals surface area contributed by atoms with Gasteiger partial charge in [-0.3, -0.25) is 24.0 Å². The van der Waals surface area contributed by atoms with Gasteiger partial charge in [0.2, 0.25) is 11.8 Å². The van der Waals surface area contributed by atoms with Gasteiger partial charge in [0.1, 0.15) is 6.61 Å². The Kier molecular flexibility index (Phi) is 16.7. The number of hydrogen-bond acceptors (Lipinski definition) is 11. The molecule has 228 valence electrons. The Hall–Kier alpha value is -2.97. The Morgan fingerprint density at radius 1 is 0.951 bits per heavy atom. The van der Waals surface area contributed by atoms with Gasteiger partial charge in [-0.15, -0.1) is 5.06 Å². The normalized spacial score (nSPS) is 15.8. The van der Waals surface area contributed by atoms with E-state index in [1.165, 1.54) is 11.5 Å². The van der Waals surface area contributed by atoms with Gasteiger partial charge in [-0.25, -0.2) is 4.79 Å². The number of hydroxylamine groups is 2. The minimum Gasteiger partial charge on any atom is -0.463 e. The number of imide groups is 1. The molecule has 0 aliphatic carbocycles. The van der Waals surface area contributed by atoms with Crippen LogP contribution < -0.4 is 10.6 Å². The molecule has 2 aliphatic rings. The number of esters is 1. The first-order valence-corrected chi connectivity index (χ1v) is 16.3. The predicted octanol–water partition coefficient (Wildman–Crippen LogP) is 2.96. The number of amides is 4. The van der Waals surface area contributed by atoms with Crippen molar-refractivity contribution in [2.45, 2.75) is 83.1 Å². The summed E-state index contributed by atoms with van der Waals surface area (Å²) in [5.74, 6) is -0.454. The van der Waals surface area contributed by atoms with Crippen molar-refractivity contribution in [3.05, 3.63) is 10.4 Å². The van der Waals surface area contributed by atoms with Crippen molar-refractivity contribution in [1.82, 2.24) is 15.7 Å². The third-order valence-corrected chi connectivity index (χ3v) is 8.95. The summed E-state index contributed by atoms with van der Waals surface area (Å²) >= 11 is 0. The molecule has 14 nitrogen and oxygen atoms in total. The first kappa shape index (κ1) is 34.2. The number of carbonyl (C=O) groups excluding carboxylic acids is 6. The third-order valence-electron chi connectivity index (χ3n) is 6.26. The Labute approximate surface area is 246 Å². The second kappa shape index (κ2) is 20.0. The van der Waals surface area contributed by atoms with Crippen molar-refractivity contribution in [1.29, 1.82) is 0 Å². The van der Waals surface area contributed by atoms with Crippen molar-refractivity contribution in [2.24, 2.45) is 11.0 Å². The van der Waals surface area contributed by atoms with Gasteiger partial charge in [-0.05, 0) is 37.1 Å². The summed E-state index contributed by atoms with van der Waals surface area (Å²) in [6, 6.07) is -0.972. The summed E-state index contributed by atoms with van der Waals surface area (Å²) < 4.78 is 5.20. The van der Waals surface area contributed by atoms with Gasteiger partial charge < -0.3 is 20.2 Å². The second-order valence-electron chi connectivity index (χ2n) is 9.74. The highest BCUT2D eigenvalue weighted by atomic mass is 33.1. The molecule has 2 aliphatic heterocycles. The van der Waals surface area contributed by atoms with Crippen molar-refractivity contribution in [3.63, 3.8) is 0 Å². The standard InChI is InChI=1S/C25H38N6O8S2/c26-30-28-13-4-1-2-7-21(33)29-19(14-25(37)39-31-22(34)9-10-23(31)35)15-38-24(36)11-8-20(32)27-12-5-3-6-18-16-40-41-17-18/h18-19H,1-17H2,(H,27,32)(H,29,33)/t19-/m0/s1. The van der Waals surface area contributed by atoms with E-state index in [9.17, 15) is 28.8 Å². The van der Waals surface area contributed by atoms with Crippen LogP contribution in [0.2, 0.25) is 0 Å². The zero-order valence-electron chi connectivity index (χ0n) is 23.0. The van der Waals surface area contributed by atoms with Crippen molar-refractivity contribution >= 4 is 57.2 Å². The summed E-state index contributed by atoms with van der Waals surface area (Å²) in [5, 5.41) is 9.24. The van der Waals surface area contributed by atoms with Gasteiger partial charge >= 0.3 is 11.9 Å². The fourth-order valence-corrected chi connectivity index (χ4v) is 7.03. The van der Waals surface area contributed by atoms with E-state index in [1.54, 1.807) is 0 Å². The highest BCUT2D eigenvalue weighted by Crippen LogP contribution is 2.36. The summed E-state index contributed by atoms with van der Waals surface area (Å²) in [5.41, 5.74) is 8.29. The topological polar surface area (TPSA) is 197 Å². The number of unbranched alkanes of at least 4 members (excludes halogenated alkanes) is 3. The molecule has 1 atom stereocenters. The zero-order valence-corrected chi connectivity index (χ0v) is 24.7. The molecular weight excluding hydrogens is 576 g/mol. The molecule has 0 aromatic heterocycles. The van der Waals surface area contributed by atoms with E-state index in [-0.39, 0.29) is 44.6 Å². The summed E-state index contributed by atoms with van der Waals surface area (Å²) in [4.78, 5) is 80.0. The quantitative estimate of drug-likeness (QED) is 0.0391. The molecule has 0 saturated carbocycles. The highest BCUT2D eigenvalue weighted by Gasteiger charge is 2.33. The lowest BCUT2D eigenvalue weighted by Crippen LogP contribution is -2.42. The molecule has 2 rings (SSSR count). The molecule has 0 bridgehead atoms. The molecule has 0 aromatic carbocycles. The zero-order chi connectivity index (χ0) is 29.9. The summed E-state index contributed by atoms with van der Waals surface area (Å²) in [6.07, 6.45) is 4.17. The van der Waals surface area contributed by atoms with E-state index in [0.717, 1.165) is 25.2 Å². The maximum absolute atomic E-state index is 12.4. The van der Waals surface area contributed by atoms with Gasteiger partial charge in [-0.2, -0.15) is 0 Å². The average Bonchev–Trinajstić information content (AvgIpc) is 3.57. The maximum atomic E-state index is 12.4. The second-order valence-corrected chi connectivity index (χ2v) is 12.3. The lowest BCUT2D eigenvalue weighted by atomic mass is 10.1. The first-order valence-electron chi connectivity index (χ1n) is 13.8. The predicted molar refractivity (Wildman–Crippen MR) is 152 cm³/mol. The van der Waals surface area contributed by atoms with Crippen LogP contribution in [-0.4, -0.2) is 77.9 Å². The minimum atomic E-state index is -0.972. The molecule has 2 fully saturated rings. The Morgan fingerprint density at radius 3 is 2.39 bits per heavy atom. The molecule has 0 aromatic rings. The largest absolute Gasteiger partial charge is 0.463 e.